The lowest BCUT2D eigenvalue weighted by atomic mass is 9.49. The minimum absolute atomic E-state index is 0.0390. The van der Waals surface area contributed by atoms with E-state index in [0.717, 1.165) is 68.7 Å². The van der Waals surface area contributed by atoms with E-state index < -0.39 is 0 Å². The number of hydrogen-bond acceptors (Lipinski definition) is 4. The van der Waals surface area contributed by atoms with E-state index in [1.165, 1.54) is 25.5 Å². The summed E-state index contributed by atoms with van der Waals surface area (Å²) in [6.45, 7) is 1.28. The predicted octanol–water partition coefficient (Wildman–Crippen LogP) is 2.88. The normalized spacial score (nSPS) is 36.5. The molecule has 1 aromatic heterocycles. The molecule has 5 fully saturated rings. The topological polar surface area (TPSA) is 75.3 Å². The number of aromatic nitrogens is 2. The van der Waals surface area contributed by atoms with Crippen LogP contribution in [0.25, 0.3) is 0 Å². The second kappa shape index (κ2) is 6.97. The molecule has 4 bridgehead atoms. The first-order valence-corrected chi connectivity index (χ1v) is 11.0. The van der Waals surface area contributed by atoms with Crippen molar-refractivity contribution < 1.29 is 9.53 Å². The van der Waals surface area contributed by atoms with Crippen molar-refractivity contribution in [2.45, 2.75) is 69.3 Å². The van der Waals surface area contributed by atoms with Crippen LogP contribution in [0, 0.1) is 17.8 Å². The average molecular weight is 386 g/mol. The van der Waals surface area contributed by atoms with Crippen molar-refractivity contribution in [1.82, 2.24) is 14.9 Å². The molecule has 2 heterocycles. The number of likely N-dealkylation sites (N-methyl/N-ethyl adjacent to an activating group) is 1. The highest BCUT2D eigenvalue weighted by Gasteiger charge is 2.53. The van der Waals surface area contributed by atoms with E-state index in [4.69, 9.17) is 4.74 Å². The van der Waals surface area contributed by atoms with Crippen molar-refractivity contribution in [2.75, 3.05) is 20.2 Å². The number of nitrogens with zero attached hydrogens (tertiary/aromatic N) is 2. The Morgan fingerprint density at radius 2 is 1.89 bits per heavy atom. The number of aromatic amines is 1. The van der Waals surface area contributed by atoms with Gasteiger partial charge >= 0.3 is 0 Å². The van der Waals surface area contributed by atoms with Crippen LogP contribution in [0.1, 0.15) is 74.0 Å². The Labute approximate surface area is 166 Å². The van der Waals surface area contributed by atoms with Gasteiger partial charge in [0.25, 0.3) is 11.5 Å². The fourth-order valence-electron chi connectivity index (χ4n) is 6.76. The lowest BCUT2D eigenvalue weighted by Crippen LogP contribution is -2.50. The summed E-state index contributed by atoms with van der Waals surface area (Å²) < 4.78 is 5.73. The average Bonchev–Trinajstić information content (AvgIpc) is 2.67. The Hall–Kier alpha value is -1.69. The molecule has 0 unspecified atom stereocenters. The third-order valence-corrected chi connectivity index (χ3v) is 7.67. The fourth-order valence-corrected chi connectivity index (χ4v) is 6.76. The molecule has 0 spiro atoms. The van der Waals surface area contributed by atoms with Crippen molar-refractivity contribution in [3.05, 3.63) is 27.9 Å². The number of amides is 1. The second-order valence-electron chi connectivity index (χ2n) is 9.85. The zero-order chi connectivity index (χ0) is 19.3. The van der Waals surface area contributed by atoms with E-state index in [0.29, 0.717) is 6.54 Å². The molecular weight excluding hydrogens is 354 g/mol. The molecule has 6 nitrogen and oxygen atoms in total. The van der Waals surface area contributed by atoms with Gasteiger partial charge in [-0.1, -0.05) is 0 Å². The summed E-state index contributed by atoms with van der Waals surface area (Å²) in [5, 5.41) is 0. The Kier molecular flexibility index (Phi) is 4.57. The van der Waals surface area contributed by atoms with Crippen LogP contribution in [-0.2, 0) is 10.2 Å². The second-order valence-corrected chi connectivity index (χ2v) is 9.85. The van der Waals surface area contributed by atoms with Gasteiger partial charge in [0.05, 0.1) is 6.10 Å². The van der Waals surface area contributed by atoms with Crippen LogP contribution in [0.2, 0.25) is 0 Å². The number of carbonyl (C=O) groups is 1. The summed E-state index contributed by atoms with van der Waals surface area (Å²) in [4.78, 5) is 34.9. The first-order valence-electron chi connectivity index (χ1n) is 11.0. The van der Waals surface area contributed by atoms with Gasteiger partial charge in [0.1, 0.15) is 11.4 Å². The molecular formula is C22H31N3O3. The molecule has 4 saturated carbocycles. The number of carbonyl (C=O) groups excluding carboxylic acids is 1. The van der Waals surface area contributed by atoms with Crippen molar-refractivity contribution in [3.8, 4) is 0 Å². The molecule has 1 atom stereocenters. The highest BCUT2D eigenvalue weighted by Crippen LogP contribution is 2.59. The Bertz CT molecular complexity index is 776. The van der Waals surface area contributed by atoms with E-state index >= 15 is 0 Å². The summed E-state index contributed by atoms with van der Waals surface area (Å²) in [6.07, 6.45) is 12.3. The van der Waals surface area contributed by atoms with Crippen molar-refractivity contribution in [3.63, 3.8) is 0 Å². The van der Waals surface area contributed by atoms with Crippen LogP contribution in [-0.4, -0.2) is 47.1 Å². The number of rotatable bonds is 4. The first kappa shape index (κ1) is 18.3. The highest BCUT2D eigenvalue weighted by molar-refractivity contribution is 5.93. The zero-order valence-electron chi connectivity index (χ0n) is 16.8. The van der Waals surface area contributed by atoms with Crippen LogP contribution in [0.3, 0.4) is 0 Å². The number of hydrogen-bond donors (Lipinski definition) is 1. The van der Waals surface area contributed by atoms with Crippen molar-refractivity contribution in [2.24, 2.45) is 17.8 Å². The highest BCUT2D eigenvalue weighted by atomic mass is 16.5. The van der Waals surface area contributed by atoms with Gasteiger partial charge in [-0.15, -0.1) is 0 Å². The van der Waals surface area contributed by atoms with Crippen LogP contribution in [0.15, 0.2) is 11.0 Å². The molecule has 0 radical (unpaired) electrons. The summed E-state index contributed by atoms with van der Waals surface area (Å²) in [7, 11) is 1.74. The van der Waals surface area contributed by atoms with Crippen LogP contribution in [0.4, 0.5) is 0 Å². The van der Waals surface area contributed by atoms with Crippen LogP contribution >= 0.6 is 0 Å². The van der Waals surface area contributed by atoms with E-state index in [1.54, 1.807) is 11.9 Å². The zero-order valence-corrected chi connectivity index (χ0v) is 16.8. The molecule has 1 aromatic rings. The molecule has 0 aromatic carbocycles. The molecule has 1 aliphatic heterocycles. The molecule has 4 aliphatic carbocycles. The molecule has 6 heteroatoms. The lowest BCUT2D eigenvalue weighted by molar-refractivity contribution is -0.00958. The minimum Gasteiger partial charge on any atom is -0.376 e. The third-order valence-electron chi connectivity index (χ3n) is 7.67. The number of nitrogens with one attached hydrogen (secondary N) is 1. The van der Waals surface area contributed by atoms with Crippen molar-refractivity contribution in [1.29, 1.82) is 0 Å². The third kappa shape index (κ3) is 3.19. The smallest absolute Gasteiger partial charge is 0.263 e. The summed E-state index contributed by atoms with van der Waals surface area (Å²) in [6, 6.07) is 0. The molecule has 1 N–H and O–H groups in total. The van der Waals surface area contributed by atoms with Crippen LogP contribution < -0.4 is 5.56 Å². The molecule has 6 rings (SSSR count). The predicted molar refractivity (Wildman–Crippen MR) is 105 cm³/mol. The van der Waals surface area contributed by atoms with E-state index in [9.17, 15) is 9.59 Å². The minimum atomic E-state index is -0.290. The van der Waals surface area contributed by atoms with Gasteiger partial charge in [0.15, 0.2) is 0 Å². The molecule has 1 amide bonds. The molecule has 5 aliphatic rings. The summed E-state index contributed by atoms with van der Waals surface area (Å²) in [5.41, 5.74) is -0.105. The first-order chi connectivity index (χ1) is 13.5. The fraction of sp³-hybridized carbons (Fsp3) is 0.773. The summed E-state index contributed by atoms with van der Waals surface area (Å²) in [5.74, 6) is 2.94. The molecule has 152 valence electrons. The maximum Gasteiger partial charge on any atom is 0.263 e. The van der Waals surface area contributed by atoms with Gasteiger partial charge in [-0.3, -0.25) is 9.59 Å². The van der Waals surface area contributed by atoms with Gasteiger partial charge in [0.2, 0.25) is 0 Å². The van der Waals surface area contributed by atoms with Gasteiger partial charge in [0, 0.05) is 31.8 Å². The molecule has 28 heavy (non-hydrogen) atoms. The Morgan fingerprint density at radius 3 is 2.46 bits per heavy atom. The number of ether oxygens (including phenoxy) is 1. The SMILES string of the molecule is CN(C[C@H]1CCCCO1)C(=O)c1cnc(C23CC4CC(CC(C4)C2)C3)[nH]c1=O. The summed E-state index contributed by atoms with van der Waals surface area (Å²) >= 11 is 0. The quantitative estimate of drug-likeness (QED) is 0.865. The van der Waals surface area contributed by atoms with E-state index in [2.05, 4.69) is 9.97 Å². The van der Waals surface area contributed by atoms with Gasteiger partial charge < -0.3 is 14.6 Å². The van der Waals surface area contributed by atoms with E-state index in [-0.39, 0.29) is 28.5 Å². The van der Waals surface area contributed by atoms with Crippen LogP contribution in [0.5, 0.6) is 0 Å². The van der Waals surface area contributed by atoms with Gasteiger partial charge in [-0.25, -0.2) is 4.98 Å². The maximum atomic E-state index is 12.8. The van der Waals surface area contributed by atoms with E-state index in [1.807, 2.05) is 0 Å². The lowest BCUT2D eigenvalue weighted by Gasteiger charge is -2.56. The Morgan fingerprint density at radius 1 is 1.21 bits per heavy atom. The van der Waals surface area contributed by atoms with Crippen molar-refractivity contribution >= 4 is 5.91 Å². The Balaban J connectivity index is 1.34. The molecule has 1 saturated heterocycles. The number of H-pyrrole nitrogens is 1. The largest absolute Gasteiger partial charge is 0.376 e. The van der Waals surface area contributed by atoms with Gasteiger partial charge in [-0.05, 0) is 75.5 Å². The van der Waals surface area contributed by atoms with Gasteiger partial charge in [-0.2, -0.15) is 0 Å². The monoisotopic (exact) mass is 385 g/mol. The standard InChI is InChI=1S/C22H31N3O3/c1-25(13-17-4-2-3-5-28-17)20(27)18-12-23-21(24-19(18)26)22-9-14-6-15(10-22)8-16(7-14)11-22/h12,14-17H,2-11,13H2,1H3,(H,23,24,26)/t14?,15?,16?,17-,22?/m1/s1. The maximum absolute atomic E-state index is 12.8.